The van der Waals surface area contributed by atoms with Gasteiger partial charge in [0.2, 0.25) is 21.8 Å². The molecule has 0 fully saturated rings. The van der Waals surface area contributed by atoms with Crippen molar-refractivity contribution in [3.63, 3.8) is 0 Å². The lowest BCUT2D eigenvalue weighted by molar-refractivity contribution is -0.140. The van der Waals surface area contributed by atoms with Gasteiger partial charge in [-0.3, -0.25) is 13.9 Å². The molecule has 0 spiro atoms. The van der Waals surface area contributed by atoms with E-state index in [0.717, 1.165) is 9.87 Å². The molecule has 1 heterocycles. The highest BCUT2D eigenvalue weighted by atomic mass is 35.5. The molecule has 1 aliphatic rings. The number of carbonyl (C=O) groups is 2. The van der Waals surface area contributed by atoms with Gasteiger partial charge in [-0.2, -0.15) is 0 Å². The minimum absolute atomic E-state index is 0.0931. The van der Waals surface area contributed by atoms with E-state index in [1.54, 1.807) is 49.4 Å². The van der Waals surface area contributed by atoms with Gasteiger partial charge in [0, 0.05) is 23.2 Å². The van der Waals surface area contributed by atoms with Crippen molar-refractivity contribution in [2.24, 2.45) is 0 Å². The topological polar surface area (TPSA) is 105 Å². The van der Waals surface area contributed by atoms with Gasteiger partial charge in [-0.1, -0.05) is 23.7 Å². The highest BCUT2D eigenvalue weighted by Gasteiger charge is 2.32. The average molecular weight is 552 g/mol. The van der Waals surface area contributed by atoms with Crippen LogP contribution >= 0.6 is 11.6 Å². The van der Waals surface area contributed by atoms with E-state index in [1.807, 2.05) is 20.8 Å². The molecule has 1 atom stereocenters. The summed E-state index contributed by atoms with van der Waals surface area (Å²) < 4.78 is 38.4. The number of hydrogen-bond donors (Lipinski definition) is 1. The zero-order valence-electron chi connectivity index (χ0n) is 21.8. The lowest BCUT2D eigenvalue weighted by Crippen LogP contribution is -2.54. The van der Waals surface area contributed by atoms with Crippen LogP contribution in [0.25, 0.3) is 0 Å². The molecule has 1 aliphatic heterocycles. The summed E-state index contributed by atoms with van der Waals surface area (Å²) in [4.78, 5) is 28.1. The molecule has 0 saturated carbocycles. The van der Waals surface area contributed by atoms with Crippen LogP contribution in [0.5, 0.6) is 11.5 Å². The van der Waals surface area contributed by atoms with Crippen LogP contribution in [0.3, 0.4) is 0 Å². The van der Waals surface area contributed by atoms with Gasteiger partial charge in [0.25, 0.3) is 0 Å². The first-order valence-corrected chi connectivity index (χ1v) is 14.1. The van der Waals surface area contributed by atoms with Crippen LogP contribution in [0, 0.1) is 0 Å². The number of sulfonamides is 1. The minimum Gasteiger partial charge on any atom is -0.486 e. The molecule has 2 amide bonds. The van der Waals surface area contributed by atoms with Gasteiger partial charge in [-0.05, 0) is 64.4 Å². The van der Waals surface area contributed by atoms with E-state index >= 15 is 0 Å². The summed E-state index contributed by atoms with van der Waals surface area (Å²) >= 11 is 6.01. The first-order valence-electron chi connectivity index (χ1n) is 12.1. The largest absolute Gasteiger partial charge is 0.486 e. The van der Waals surface area contributed by atoms with Gasteiger partial charge in [-0.25, -0.2) is 8.42 Å². The monoisotopic (exact) mass is 551 g/mol. The van der Waals surface area contributed by atoms with Crippen molar-refractivity contribution >= 4 is 39.1 Å². The number of amides is 2. The van der Waals surface area contributed by atoms with Crippen LogP contribution in [0.15, 0.2) is 42.5 Å². The zero-order chi connectivity index (χ0) is 27.4. The molecule has 1 N–H and O–H groups in total. The van der Waals surface area contributed by atoms with Crippen LogP contribution < -0.4 is 19.1 Å². The number of carbonyl (C=O) groups excluding carboxylic acids is 2. The van der Waals surface area contributed by atoms with E-state index in [-0.39, 0.29) is 23.9 Å². The molecule has 3 rings (SSSR count). The van der Waals surface area contributed by atoms with Crippen LogP contribution in [-0.4, -0.2) is 62.2 Å². The number of anilines is 1. The van der Waals surface area contributed by atoms with E-state index in [2.05, 4.69) is 5.32 Å². The second-order valence-corrected chi connectivity index (χ2v) is 12.4. The first kappa shape index (κ1) is 28.6. The molecule has 0 radical (unpaired) electrons. The van der Waals surface area contributed by atoms with Crippen LogP contribution in [0.1, 0.15) is 40.2 Å². The molecule has 2 aromatic rings. The van der Waals surface area contributed by atoms with Crippen molar-refractivity contribution in [1.82, 2.24) is 10.2 Å². The molecule has 11 heteroatoms. The minimum atomic E-state index is -3.85. The highest BCUT2D eigenvalue weighted by molar-refractivity contribution is 7.92. The van der Waals surface area contributed by atoms with Gasteiger partial charge in [-0.15, -0.1) is 0 Å². The second-order valence-electron chi connectivity index (χ2n) is 9.80. The van der Waals surface area contributed by atoms with Crippen molar-refractivity contribution in [3.05, 3.63) is 53.1 Å². The van der Waals surface area contributed by atoms with Crippen molar-refractivity contribution < 1.29 is 27.5 Å². The Morgan fingerprint density at radius 1 is 1.05 bits per heavy atom. The van der Waals surface area contributed by atoms with E-state index in [1.165, 1.54) is 11.8 Å². The van der Waals surface area contributed by atoms with Gasteiger partial charge >= 0.3 is 0 Å². The van der Waals surface area contributed by atoms with E-state index in [9.17, 15) is 18.0 Å². The van der Waals surface area contributed by atoms with Gasteiger partial charge in [0.15, 0.2) is 11.5 Å². The smallest absolute Gasteiger partial charge is 0.244 e. The van der Waals surface area contributed by atoms with E-state index in [4.69, 9.17) is 21.1 Å². The molecule has 0 unspecified atom stereocenters. The van der Waals surface area contributed by atoms with Crippen LogP contribution in [0.4, 0.5) is 5.69 Å². The molecule has 202 valence electrons. The Morgan fingerprint density at radius 3 is 2.27 bits per heavy atom. The number of rotatable bonds is 9. The van der Waals surface area contributed by atoms with Gasteiger partial charge in [0.1, 0.15) is 25.8 Å². The molecule has 0 aromatic heterocycles. The Labute approximate surface area is 223 Å². The van der Waals surface area contributed by atoms with Gasteiger partial charge < -0.3 is 19.7 Å². The predicted octanol–water partition coefficient (Wildman–Crippen LogP) is 3.60. The normalized spacial score (nSPS) is 14.0. The quantitative estimate of drug-likeness (QED) is 0.510. The fourth-order valence-corrected chi connectivity index (χ4v) is 4.93. The predicted molar refractivity (Wildman–Crippen MR) is 144 cm³/mol. The summed E-state index contributed by atoms with van der Waals surface area (Å²) in [5.41, 5.74) is 0.512. The number of halogens is 1. The molecule has 0 aliphatic carbocycles. The van der Waals surface area contributed by atoms with Crippen molar-refractivity contribution in [1.29, 1.82) is 0 Å². The third-order valence-electron chi connectivity index (χ3n) is 5.72. The summed E-state index contributed by atoms with van der Waals surface area (Å²) in [6.07, 6.45) is 0. The maximum absolute atomic E-state index is 13.7. The first-order chi connectivity index (χ1) is 17.3. The Balaban J connectivity index is 1.95. The summed E-state index contributed by atoms with van der Waals surface area (Å²) in [6, 6.07) is 10.8. The lowest BCUT2D eigenvalue weighted by atomic mass is 10.1. The van der Waals surface area contributed by atoms with Crippen LogP contribution in [-0.2, 0) is 26.2 Å². The lowest BCUT2D eigenvalue weighted by Gasteiger charge is -2.33. The molecule has 9 nitrogen and oxygen atoms in total. The number of fused-ring (bicyclic) bond motifs is 1. The summed E-state index contributed by atoms with van der Waals surface area (Å²) in [5.74, 6) is -0.181. The maximum atomic E-state index is 13.7. The number of nitrogens with zero attached hydrogens (tertiary/aromatic N) is 2. The zero-order valence-corrected chi connectivity index (χ0v) is 23.4. The second kappa shape index (κ2) is 11.6. The Morgan fingerprint density at radius 2 is 1.68 bits per heavy atom. The Bertz CT molecular complexity index is 1230. The fraction of sp³-hybridized carbons (Fsp3) is 0.462. The number of ether oxygens (including phenoxy) is 2. The Kier molecular flexibility index (Phi) is 8.96. The average Bonchev–Trinajstić information content (AvgIpc) is 2.85. The summed E-state index contributed by atoms with van der Waals surface area (Å²) in [6.45, 7) is 9.02. The standard InChI is InChI=1S/C26H34ClN3O6S/c1-6-37(33,34)30(21-11-12-22-23(15-21)36-14-13-35-22)17-24(31)29(16-19-7-9-20(27)10-8-19)18(2)25(32)28-26(3,4)5/h7-12,15,18H,6,13-14,16-17H2,1-5H3,(H,28,32)/t18-/m0/s1. The number of nitrogens with one attached hydrogen (secondary N) is 1. The summed E-state index contributed by atoms with van der Waals surface area (Å²) in [7, 11) is -3.85. The maximum Gasteiger partial charge on any atom is 0.244 e. The van der Waals surface area contributed by atoms with Crippen LogP contribution in [0.2, 0.25) is 5.02 Å². The number of benzene rings is 2. The molecule has 2 aromatic carbocycles. The van der Waals surface area contributed by atoms with E-state index in [0.29, 0.717) is 29.7 Å². The van der Waals surface area contributed by atoms with Crippen molar-refractivity contribution in [2.45, 2.75) is 52.7 Å². The third kappa shape index (κ3) is 7.52. The molecular formula is C26H34ClN3O6S. The van der Waals surface area contributed by atoms with E-state index < -0.39 is 34.1 Å². The molecule has 0 saturated heterocycles. The molecular weight excluding hydrogens is 518 g/mol. The summed E-state index contributed by atoms with van der Waals surface area (Å²) in [5, 5.41) is 3.43. The third-order valence-corrected chi connectivity index (χ3v) is 7.72. The Hall–Kier alpha value is -2.98. The SMILES string of the molecule is CCS(=O)(=O)N(CC(=O)N(Cc1ccc(Cl)cc1)[C@@H](C)C(=O)NC(C)(C)C)c1ccc2c(c1)OCCO2. The molecule has 0 bridgehead atoms. The highest BCUT2D eigenvalue weighted by Crippen LogP contribution is 2.35. The van der Waals surface area contributed by atoms with Crippen molar-refractivity contribution in [3.8, 4) is 11.5 Å². The number of hydrogen-bond acceptors (Lipinski definition) is 6. The fourth-order valence-electron chi connectivity index (χ4n) is 3.75. The van der Waals surface area contributed by atoms with Crippen molar-refractivity contribution in [2.75, 3.05) is 29.8 Å². The molecule has 37 heavy (non-hydrogen) atoms. The van der Waals surface area contributed by atoms with Gasteiger partial charge in [0.05, 0.1) is 11.4 Å².